The maximum atomic E-state index is 11.7. The van der Waals surface area contributed by atoms with Crippen LogP contribution in [0.3, 0.4) is 0 Å². The predicted molar refractivity (Wildman–Crippen MR) is 180 cm³/mol. The van der Waals surface area contributed by atoms with Gasteiger partial charge in [-0.3, -0.25) is 9.78 Å². The summed E-state index contributed by atoms with van der Waals surface area (Å²) >= 11 is 0. The summed E-state index contributed by atoms with van der Waals surface area (Å²) in [7, 11) is 0. The number of nitrogens with zero attached hydrogens (tertiary/aromatic N) is 2. The van der Waals surface area contributed by atoms with Crippen LogP contribution in [0.25, 0.3) is 32.8 Å². The van der Waals surface area contributed by atoms with Gasteiger partial charge in [-0.1, -0.05) is 87.2 Å². The van der Waals surface area contributed by atoms with Crippen molar-refractivity contribution in [2.45, 2.75) is 60.3 Å². The number of aromatic nitrogens is 1. The number of fused-ring (bicyclic) bond motifs is 3. The van der Waals surface area contributed by atoms with E-state index in [1.54, 1.807) is 0 Å². The van der Waals surface area contributed by atoms with Crippen LogP contribution in [0.2, 0.25) is 0 Å². The van der Waals surface area contributed by atoms with Crippen LogP contribution in [0.15, 0.2) is 96.9 Å². The van der Waals surface area contributed by atoms with Crippen molar-refractivity contribution in [3.63, 3.8) is 0 Å². The Kier molecular flexibility index (Phi) is 11.1. The van der Waals surface area contributed by atoms with E-state index in [9.17, 15) is 9.90 Å². The van der Waals surface area contributed by atoms with Gasteiger partial charge in [0.1, 0.15) is 0 Å². The van der Waals surface area contributed by atoms with Crippen molar-refractivity contribution in [1.82, 2.24) is 4.98 Å². The molecule has 1 radical (unpaired) electrons. The van der Waals surface area contributed by atoms with Crippen molar-refractivity contribution in [3.8, 4) is 11.3 Å². The van der Waals surface area contributed by atoms with Crippen molar-refractivity contribution in [2.75, 3.05) is 4.90 Å². The largest absolute Gasteiger partial charge is 0.512 e. The van der Waals surface area contributed by atoms with Crippen molar-refractivity contribution < 1.29 is 30.0 Å². The molecule has 1 aliphatic heterocycles. The van der Waals surface area contributed by atoms with Gasteiger partial charge in [-0.25, -0.2) is 0 Å². The Morgan fingerprint density at radius 2 is 1.50 bits per heavy atom. The molecule has 0 atom stereocenters. The Morgan fingerprint density at radius 3 is 2.18 bits per heavy atom. The molecule has 0 fully saturated rings. The maximum Gasteiger partial charge on any atom is 0.162 e. The van der Waals surface area contributed by atoms with Crippen molar-refractivity contribution >= 4 is 44.4 Å². The van der Waals surface area contributed by atoms with Crippen LogP contribution >= 0.6 is 0 Å². The molecule has 1 aromatic heterocycles. The zero-order valence-electron chi connectivity index (χ0n) is 26.2. The molecule has 0 saturated carbocycles. The second kappa shape index (κ2) is 14.8. The number of aliphatic hydroxyl groups excluding tert-OH is 1. The Morgan fingerprint density at radius 1 is 0.841 bits per heavy atom. The van der Waals surface area contributed by atoms with Crippen LogP contribution in [0, 0.1) is 24.8 Å². The molecular formula is C39H41IrN2O2-. The summed E-state index contributed by atoms with van der Waals surface area (Å²) < 4.78 is 0. The molecule has 0 bridgehead atoms. The first-order chi connectivity index (χ1) is 20.9. The summed E-state index contributed by atoms with van der Waals surface area (Å²) in [6.07, 6.45) is 6.81. The van der Waals surface area contributed by atoms with Gasteiger partial charge in [0.15, 0.2) is 5.78 Å². The number of aryl methyl sites for hydroxylation is 1. The summed E-state index contributed by atoms with van der Waals surface area (Å²) in [5.41, 5.74) is 6.77. The van der Waals surface area contributed by atoms with Crippen molar-refractivity contribution in [2.24, 2.45) is 11.8 Å². The third-order valence-corrected chi connectivity index (χ3v) is 8.57. The molecule has 229 valence electrons. The molecule has 0 saturated heterocycles. The Balaban J connectivity index is 0.000000239. The fourth-order valence-corrected chi connectivity index (χ4v) is 6.08. The summed E-state index contributed by atoms with van der Waals surface area (Å²) in [5, 5.41) is 14.5. The monoisotopic (exact) mass is 762 g/mol. The van der Waals surface area contributed by atoms with Crippen LogP contribution in [-0.2, 0) is 24.9 Å². The summed E-state index contributed by atoms with van der Waals surface area (Å²) in [4.78, 5) is 18.9. The number of para-hydroxylation sites is 1. The average Bonchev–Trinajstić information content (AvgIpc) is 3.02. The minimum Gasteiger partial charge on any atom is -0.512 e. The van der Waals surface area contributed by atoms with Gasteiger partial charge in [0.05, 0.1) is 5.76 Å². The number of carbonyl (C=O) groups is 1. The molecule has 0 amide bonds. The standard InChI is InChI=1S/C26H17N2.C13H24O2.Ir/c1-17-13-20-11-12-27-26-22-15-18-7-5-6-8-19(18)16-23(22)28(24(14-17)25(20)26)21-9-3-2-4-10-21;1-5-10(6-2)12(14)9-13(15)11(7-3)8-4;/h2-14,16H,1H3;9-11,14H,5-8H2,1-4H3;/q-1;;/b;12-9-;. The fourth-order valence-electron chi connectivity index (χ4n) is 6.08. The molecule has 0 aliphatic carbocycles. The number of hydrogen-bond donors (Lipinski definition) is 1. The van der Waals surface area contributed by atoms with Gasteiger partial charge in [0.25, 0.3) is 0 Å². The van der Waals surface area contributed by atoms with E-state index in [4.69, 9.17) is 4.98 Å². The summed E-state index contributed by atoms with van der Waals surface area (Å²) in [6, 6.07) is 31.5. The third kappa shape index (κ3) is 6.65. The van der Waals surface area contributed by atoms with Gasteiger partial charge in [0, 0.05) is 61.3 Å². The molecule has 0 unspecified atom stereocenters. The van der Waals surface area contributed by atoms with Gasteiger partial charge in [-0.2, -0.15) is 0 Å². The number of anilines is 3. The topological polar surface area (TPSA) is 53.4 Å². The number of benzene rings is 4. The molecule has 1 aliphatic rings. The maximum absolute atomic E-state index is 11.7. The van der Waals surface area contributed by atoms with Gasteiger partial charge in [-0.05, 0) is 78.9 Å². The van der Waals surface area contributed by atoms with E-state index >= 15 is 0 Å². The molecule has 6 rings (SSSR count). The summed E-state index contributed by atoms with van der Waals surface area (Å²) in [6.45, 7) is 10.2. The van der Waals surface area contributed by atoms with Gasteiger partial charge < -0.3 is 10.0 Å². The number of aliphatic hydroxyl groups is 1. The quantitative estimate of drug-likeness (QED) is 0.0953. The average molecular weight is 762 g/mol. The van der Waals surface area contributed by atoms with E-state index in [-0.39, 0.29) is 43.5 Å². The first kappa shape index (κ1) is 33.1. The number of carbonyl (C=O) groups excluding carboxylic acids is 1. The predicted octanol–water partition coefficient (Wildman–Crippen LogP) is 10.8. The molecule has 0 spiro atoms. The smallest absolute Gasteiger partial charge is 0.162 e. The van der Waals surface area contributed by atoms with Gasteiger partial charge >= 0.3 is 0 Å². The third-order valence-electron chi connectivity index (χ3n) is 8.57. The van der Waals surface area contributed by atoms with E-state index in [0.717, 1.165) is 53.7 Å². The summed E-state index contributed by atoms with van der Waals surface area (Å²) in [5.74, 6) is 0.547. The Labute approximate surface area is 275 Å². The first-order valence-corrected chi connectivity index (χ1v) is 15.5. The SMILES string of the molecule is CCC(CC)C(=O)/C=C(\O)C(CC)CC.Cc1cc2c3c(nccc3c1)-c1[c-]c3ccccc3cc1N2c1ccccc1.[Ir]. The van der Waals surface area contributed by atoms with Crippen LogP contribution < -0.4 is 4.90 Å². The van der Waals surface area contributed by atoms with E-state index in [2.05, 4.69) is 96.8 Å². The van der Waals surface area contributed by atoms with Crippen molar-refractivity contribution in [1.29, 1.82) is 0 Å². The molecule has 5 heteroatoms. The molecule has 4 aromatic carbocycles. The zero-order valence-corrected chi connectivity index (χ0v) is 28.6. The van der Waals surface area contributed by atoms with Crippen LogP contribution in [0.5, 0.6) is 0 Å². The van der Waals surface area contributed by atoms with Crippen molar-refractivity contribution in [3.05, 3.63) is 109 Å². The van der Waals surface area contributed by atoms with E-state index in [1.807, 2.05) is 33.9 Å². The molecule has 44 heavy (non-hydrogen) atoms. The second-order valence-electron chi connectivity index (χ2n) is 11.3. The van der Waals surface area contributed by atoms with Crippen LogP contribution in [0.1, 0.15) is 58.9 Å². The van der Waals surface area contributed by atoms with E-state index in [1.165, 1.54) is 33.5 Å². The minimum absolute atomic E-state index is 0. The van der Waals surface area contributed by atoms with Gasteiger partial charge in [-0.15, -0.1) is 17.5 Å². The Hall–Kier alpha value is -3.79. The second-order valence-corrected chi connectivity index (χ2v) is 11.3. The molecular weight excluding hydrogens is 721 g/mol. The van der Waals surface area contributed by atoms with E-state index in [0.29, 0.717) is 0 Å². The number of pyridine rings is 1. The molecule has 2 heterocycles. The van der Waals surface area contributed by atoms with Crippen LogP contribution in [-0.4, -0.2) is 15.9 Å². The minimum atomic E-state index is 0. The van der Waals surface area contributed by atoms with Gasteiger partial charge in [0.2, 0.25) is 0 Å². The van der Waals surface area contributed by atoms with E-state index < -0.39 is 0 Å². The fraction of sp³-hybridized carbons (Fsp3) is 0.282. The number of hydrogen-bond acceptors (Lipinski definition) is 4. The number of ketones is 1. The number of rotatable bonds is 8. The molecule has 1 N–H and O–H groups in total. The molecule has 4 nitrogen and oxygen atoms in total. The van der Waals surface area contributed by atoms with Crippen LogP contribution in [0.4, 0.5) is 17.1 Å². The normalized spacial score (nSPS) is 12.2. The first-order valence-electron chi connectivity index (χ1n) is 15.5. The zero-order chi connectivity index (χ0) is 30.5. The number of allylic oxidation sites excluding steroid dienone is 2. The Bertz CT molecular complexity index is 1770. The molecule has 5 aromatic rings.